The standard InChI is InChI=1S/C15H26O2/c1-3-5-7-9-12-13(10-8-6-4-2)15(17)11-14(12)16/h12,17H,3-11H2,1-2H3. The van der Waals surface area contributed by atoms with Gasteiger partial charge in [0, 0.05) is 5.92 Å². The highest BCUT2D eigenvalue weighted by Crippen LogP contribution is 2.34. The van der Waals surface area contributed by atoms with Crippen LogP contribution < -0.4 is 0 Å². The summed E-state index contributed by atoms with van der Waals surface area (Å²) in [6, 6.07) is 0. The number of hydrogen-bond acceptors (Lipinski definition) is 2. The van der Waals surface area contributed by atoms with Gasteiger partial charge in [-0.2, -0.15) is 0 Å². The third-order valence-corrected chi connectivity index (χ3v) is 3.67. The third-order valence-electron chi connectivity index (χ3n) is 3.67. The Hall–Kier alpha value is -0.790. The number of aliphatic hydroxyl groups excluding tert-OH is 1. The number of Topliss-reactive ketones (excluding diaryl/α,β-unsaturated/α-hetero) is 1. The molecule has 2 nitrogen and oxygen atoms in total. The first kappa shape index (κ1) is 14.3. The molecule has 0 aromatic carbocycles. The van der Waals surface area contributed by atoms with Crippen LogP contribution >= 0.6 is 0 Å². The molecule has 98 valence electrons. The maximum absolute atomic E-state index is 11.8. The van der Waals surface area contributed by atoms with E-state index in [1.54, 1.807) is 0 Å². The van der Waals surface area contributed by atoms with Gasteiger partial charge in [-0.15, -0.1) is 0 Å². The fourth-order valence-corrected chi connectivity index (χ4v) is 2.61. The molecule has 1 rings (SSSR count). The summed E-state index contributed by atoms with van der Waals surface area (Å²) in [6.45, 7) is 4.35. The zero-order valence-corrected chi connectivity index (χ0v) is 11.3. The Morgan fingerprint density at radius 2 is 1.76 bits per heavy atom. The number of ketones is 1. The van der Waals surface area contributed by atoms with Crippen LogP contribution in [-0.4, -0.2) is 10.9 Å². The second kappa shape index (κ2) is 7.52. The van der Waals surface area contributed by atoms with Gasteiger partial charge in [0.1, 0.15) is 5.78 Å². The molecule has 17 heavy (non-hydrogen) atoms. The van der Waals surface area contributed by atoms with Gasteiger partial charge in [-0.3, -0.25) is 4.79 Å². The lowest BCUT2D eigenvalue weighted by Gasteiger charge is -2.13. The van der Waals surface area contributed by atoms with E-state index >= 15 is 0 Å². The van der Waals surface area contributed by atoms with Crippen molar-refractivity contribution in [1.82, 2.24) is 0 Å². The van der Waals surface area contributed by atoms with Gasteiger partial charge >= 0.3 is 0 Å². The van der Waals surface area contributed by atoms with E-state index in [1.807, 2.05) is 0 Å². The average Bonchev–Trinajstić information content (AvgIpc) is 2.56. The highest BCUT2D eigenvalue weighted by Gasteiger charge is 2.31. The highest BCUT2D eigenvalue weighted by molar-refractivity contribution is 5.89. The van der Waals surface area contributed by atoms with E-state index in [-0.39, 0.29) is 18.1 Å². The summed E-state index contributed by atoms with van der Waals surface area (Å²) in [4.78, 5) is 11.8. The topological polar surface area (TPSA) is 37.3 Å². The summed E-state index contributed by atoms with van der Waals surface area (Å²) in [5, 5.41) is 9.84. The summed E-state index contributed by atoms with van der Waals surface area (Å²) in [5.74, 6) is 0.663. The molecule has 1 atom stereocenters. The molecule has 0 aromatic heterocycles. The van der Waals surface area contributed by atoms with Gasteiger partial charge < -0.3 is 5.11 Å². The smallest absolute Gasteiger partial charge is 0.147 e. The van der Waals surface area contributed by atoms with Crippen molar-refractivity contribution in [2.75, 3.05) is 0 Å². The molecule has 1 N–H and O–H groups in total. The lowest BCUT2D eigenvalue weighted by molar-refractivity contribution is -0.120. The van der Waals surface area contributed by atoms with E-state index < -0.39 is 0 Å². The summed E-state index contributed by atoms with van der Waals surface area (Å²) in [7, 11) is 0. The molecule has 0 amide bonds. The van der Waals surface area contributed by atoms with Crippen molar-refractivity contribution in [3.8, 4) is 0 Å². The monoisotopic (exact) mass is 238 g/mol. The van der Waals surface area contributed by atoms with Crippen LogP contribution in [0.1, 0.15) is 71.6 Å². The van der Waals surface area contributed by atoms with E-state index in [0.29, 0.717) is 5.76 Å². The number of allylic oxidation sites excluding steroid dienone is 2. The van der Waals surface area contributed by atoms with Crippen LogP contribution in [0.15, 0.2) is 11.3 Å². The normalized spacial score (nSPS) is 20.4. The zero-order chi connectivity index (χ0) is 12.7. The maximum atomic E-state index is 11.8. The Kier molecular flexibility index (Phi) is 6.31. The second-order valence-electron chi connectivity index (χ2n) is 5.12. The number of carbonyl (C=O) groups excluding carboxylic acids is 1. The molecule has 0 aromatic rings. The van der Waals surface area contributed by atoms with E-state index in [9.17, 15) is 9.90 Å². The fraction of sp³-hybridized carbons (Fsp3) is 0.800. The fourth-order valence-electron chi connectivity index (χ4n) is 2.61. The van der Waals surface area contributed by atoms with Crippen molar-refractivity contribution in [2.24, 2.45) is 5.92 Å². The van der Waals surface area contributed by atoms with Gasteiger partial charge in [-0.25, -0.2) is 0 Å². The maximum Gasteiger partial charge on any atom is 0.147 e. The quantitative estimate of drug-likeness (QED) is 0.630. The molecule has 0 heterocycles. The minimum Gasteiger partial charge on any atom is -0.512 e. The molecule has 1 unspecified atom stereocenters. The number of hydrogen-bond donors (Lipinski definition) is 1. The summed E-state index contributed by atoms with van der Waals surface area (Å²) < 4.78 is 0. The molecule has 0 radical (unpaired) electrons. The van der Waals surface area contributed by atoms with E-state index in [4.69, 9.17) is 0 Å². The van der Waals surface area contributed by atoms with Crippen LogP contribution in [0.4, 0.5) is 0 Å². The lowest BCUT2D eigenvalue weighted by atomic mass is 9.90. The van der Waals surface area contributed by atoms with Gasteiger partial charge in [0.2, 0.25) is 0 Å². The molecule has 0 saturated carbocycles. The number of aliphatic hydroxyl groups is 1. The Morgan fingerprint density at radius 1 is 1.12 bits per heavy atom. The van der Waals surface area contributed by atoms with Crippen LogP contribution in [0.5, 0.6) is 0 Å². The zero-order valence-electron chi connectivity index (χ0n) is 11.3. The van der Waals surface area contributed by atoms with Crippen molar-refractivity contribution >= 4 is 5.78 Å². The van der Waals surface area contributed by atoms with Crippen LogP contribution in [0.25, 0.3) is 0 Å². The molecule has 0 saturated heterocycles. The minimum atomic E-state index is 0.0402. The van der Waals surface area contributed by atoms with Crippen LogP contribution in [0.2, 0.25) is 0 Å². The number of rotatable bonds is 8. The van der Waals surface area contributed by atoms with Gasteiger partial charge in [-0.05, 0) is 24.8 Å². The van der Waals surface area contributed by atoms with Gasteiger partial charge in [0.15, 0.2) is 0 Å². The third kappa shape index (κ3) is 4.18. The van der Waals surface area contributed by atoms with Crippen molar-refractivity contribution in [3.63, 3.8) is 0 Å². The minimum absolute atomic E-state index is 0.0402. The van der Waals surface area contributed by atoms with E-state index in [0.717, 1.165) is 31.3 Å². The molecular formula is C15H26O2. The molecular weight excluding hydrogens is 212 g/mol. The summed E-state index contributed by atoms with van der Waals surface area (Å²) in [6.07, 6.45) is 9.10. The first-order chi connectivity index (χ1) is 8.20. The van der Waals surface area contributed by atoms with Crippen molar-refractivity contribution in [1.29, 1.82) is 0 Å². The molecule has 1 aliphatic rings. The Labute approximate surface area is 105 Å². The van der Waals surface area contributed by atoms with Crippen molar-refractivity contribution in [2.45, 2.75) is 71.6 Å². The van der Waals surface area contributed by atoms with Gasteiger partial charge in [-0.1, -0.05) is 46.0 Å². The van der Waals surface area contributed by atoms with E-state index in [1.165, 1.54) is 25.7 Å². The Morgan fingerprint density at radius 3 is 2.41 bits per heavy atom. The first-order valence-electron chi connectivity index (χ1n) is 7.14. The van der Waals surface area contributed by atoms with Crippen molar-refractivity contribution in [3.05, 3.63) is 11.3 Å². The van der Waals surface area contributed by atoms with Crippen molar-refractivity contribution < 1.29 is 9.90 Å². The molecule has 0 bridgehead atoms. The number of carbonyl (C=O) groups is 1. The van der Waals surface area contributed by atoms with Crippen LogP contribution in [0, 0.1) is 5.92 Å². The summed E-state index contributed by atoms with van der Waals surface area (Å²) in [5.41, 5.74) is 1.06. The average molecular weight is 238 g/mol. The number of unbranched alkanes of at least 4 members (excludes halogenated alkanes) is 4. The molecule has 0 spiro atoms. The second-order valence-corrected chi connectivity index (χ2v) is 5.12. The highest BCUT2D eigenvalue weighted by atomic mass is 16.3. The SMILES string of the molecule is CCCCCC1=C(O)CC(=O)C1CCCCC. The summed E-state index contributed by atoms with van der Waals surface area (Å²) >= 11 is 0. The Balaban J connectivity index is 2.49. The lowest BCUT2D eigenvalue weighted by Crippen LogP contribution is -2.10. The van der Waals surface area contributed by atoms with Crippen LogP contribution in [-0.2, 0) is 4.79 Å². The largest absolute Gasteiger partial charge is 0.512 e. The first-order valence-corrected chi connectivity index (χ1v) is 7.14. The van der Waals surface area contributed by atoms with E-state index in [2.05, 4.69) is 13.8 Å². The predicted molar refractivity (Wildman–Crippen MR) is 71.1 cm³/mol. The molecule has 2 heteroatoms. The Bertz CT molecular complexity index is 279. The van der Waals surface area contributed by atoms with Gasteiger partial charge in [0.25, 0.3) is 0 Å². The molecule has 1 aliphatic carbocycles. The molecule has 0 aliphatic heterocycles. The van der Waals surface area contributed by atoms with Gasteiger partial charge in [0.05, 0.1) is 12.2 Å². The van der Waals surface area contributed by atoms with Crippen LogP contribution in [0.3, 0.4) is 0 Å². The predicted octanol–water partition coefficient (Wildman–Crippen LogP) is 4.55. The molecule has 0 fully saturated rings.